The number of hydrogen-bond acceptors (Lipinski definition) is 3. The number of anilines is 1. The van der Waals surface area contributed by atoms with Gasteiger partial charge in [0.25, 0.3) is 0 Å². The van der Waals surface area contributed by atoms with E-state index >= 15 is 0 Å². The van der Waals surface area contributed by atoms with Gasteiger partial charge in [0.15, 0.2) is 0 Å². The van der Waals surface area contributed by atoms with Gasteiger partial charge in [-0.3, -0.25) is 9.55 Å². The predicted octanol–water partition coefficient (Wildman–Crippen LogP) is 4.15. The fraction of sp³-hybridized carbons (Fsp3) is 0.100. The fourth-order valence-electron chi connectivity index (χ4n) is 2.88. The van der Waals surface area contributed by atoms with E-state index in [0.29, 0.717) is 0 Å². The Bertz CT molecular complexity index is 973. The van der Waals surface area contributed by atoms with Crippen molar-refractivity contribution in [1.82, 2.24) is 14.5 Å². The summed E-state index contributed by atoms with van der Waals surface area (Å²) < 4.78 is 2.19. The zero-order valence-electron chi connectivity index (χ0n) is 13.7. The van der Waals surface area contributed by atoms with Crippen LogP contribution < -0.4 is 4.90 Å². The molecule has 0 atom stereocenters. The van der Waals surface area contributed by atoms with Crippen LogP contribution in [0.4, 0.5) is 5.69 Å². The van der Waals surface area contributed by atoms with Gasteiger partial charge in [0.1, 0.15) is 5.82 Å². The lowest BCUT2D eigenvalue weighted by Crippen LogP contribution is -2.08. The minimum atomic E-state index is 0.938. The van der Waals surface area contributed by atoms with E-state index in [1.54, 1.807) is 0 Å². The topological polar surface area (TPSA) is 34.0 Å². The molecule has 118 valence electrons. The Hall–Kier alpha value is -3.14. The highest BCUT2D eigenvalue weighted by Crippen LogP contribution is 2.30. The number of benzene rings is 2. The Morgan fingerprint density at radius 2 is 1.62 bits per heavy atom. The number of nitrogens with zero attached hydrogens (tertiary/aromatic N) is 4. The van der Waals surface area contributed by atoms with E-state index in [1.165, 1.54) is 0 Å². The van der Waals surface area contributed by atoms with E-state index in [9.17, 15) is 0 Å². The minimum Gasteiger partial charge on any atom is -0.378 e. The van der Waals surface area contributed by atoms with Gasteiger partial charge in [-0.05, 0) is 30.3 Å². The third-order valence-electron chi connectivity index (χ3n) is 4.11. The van der Waals surface area contributed by atoms with Gasteiger partial charge in [0, 0.05) is 37.7 Å². The van der Waals surface area contributed by atoms with Crippen LogP contribution >= 0.6 is 0 Å². The summed E-state index contributed by atoms with van der Waals surface area (Å²) in [5.74, 6) is 0.938. The maximum atomic E-state index is 4.88. The molecule has 2 aromatic heterocycles. The number of hydrogen-bond donors (Lipinski definition) is 0. The standard InChI is InChI=1S/C20H18N4/c1-23(2)17-8-9-18-19(14-17)24(16-10-12-21-13-11-16)20(22-18)15-6-4-3-5-7-15/h3-14H,1-2H3. The molecule has 0 spiro atoms. The third kappa shape index (κ3) is 2.42. The van der Waals surface area contributed by atoms with Crippen molar-refractivity contribution >= 4 is 16.7 Å². The highest BCUT2D eigenvalue weighted by atomic mass is 15.1. The monoisotopic (exact) mass is 314 g/mol. The molecule has 4 heteroatoms. The fourth-order valence-corrected chi connectivity index (χ4v) is 2.88. The van der Waals surface area contributed by atoms with Gasteiger partial charge in [-0.25, -0.2) is 4.98 Å². The summed E-state index contributed by atoms with van der Waals surface area (Å²) in [5, 5.41) is 0. The number of rotatable bonds is 3. The SMILES string of the molecule is CN(C)c1ccc2nc(-c3ccccc3)n(-c3ccncc3)c2c1. The summed E-state index contributed by atoms with van der Waals surface area (Å²) >= 11 is 0. The Labute approximate surface area is 141 Å². The Kier molecular flexibility index (Phi) is 3.50. The van der Waals surface area contributed by atoms with Crippen molar-refractivity contribution in [1.29, 1.82) is 0 Å². The summed E-state index contributed by atoms with van der Waals surface area (Å²) in [6.07, 6.45) is 3.62. The molecule has 0 unspecified atom stereocenters. The van der Waals surface area contributed by atoms with Crippen molar-refractivity contribution < 1.29 is 0 Å². The molecule has 4 nitrogen and oxygen atoms in total. The molecule has 0 bridgehead atoms. The van der Waals surface area contributed by atoms with E-state index in [0.717, 1.165) is 33.8 Å². The first-order valence-electron chi connectivity index (χ1n) is 7.90. The second-order valence-corrected chi connectivity index (χ2v) is 5.91. The molecule has 0 aliphatic heterocycles. The van der Waals surface area contributed by atoms with Crippen molar-refractivity contribution in [2.45, 2.75) is 0 Å². The largest absolute Gasteiger partial charge is 0.378 e. The average molecular weight is 314 g/mol. The summed E-state index contributed by atoms with van der Waals surface area (Å²) in [4.78, 5) is 11.1. The second kappa shape index (κ2) is 5.81. The lowest BCUT2D eigenvalue weighted by atomic mass is 10.2. The summed E-state index contributed by atoms with van der Waals surface area (Å²) in [6.45, 7) is 0. The van der Waals surface area contributed by atoms with Crippen LogP contribution in [0.5, 0.6) is 0 Å². The molecule has 4 aromatic rings. The van der Waals surface area contributed by atoms with Gasteiger partial charge < -0.3 is 4.90 Å². The summed E-state index contributed by atoms with van der Waals surface area (Å²) in [7, 11) is 4.10. The lowest BCUT2D eigenvalue weighted by Gasteiger charge is -2.13. The van der Waals surface area contributed by atoms with Crippen LogP contribution in [0, 0.1) is 0 Å². The number of aromatic nitrogens is 3. The van der Waals surface area contributed by atoms with Gasteiger partial charge in [-0.2, -0.15) is 0 Å². The van der Waals surface area contributed by atoms with E-state index in [4.69, 9.17) is 4.98 Å². The molecule has 0 N–H and O–H groups in total. The van der Waals surface area contributed by atoms with Crippen LogP contribution in [0.1, 0.15) is 0 Å². The maximum absolute atomic E-state index is 4.88. The number of pyridine rings is 1. The smallest absolute Gasteiger partial charge is 0.145 e. The lowest BCUT2D eigenvalue weighted by molar-refractivity contribution is 1.09. The molecule has 0 saturated carbocycles. The predicted molar refractivity (Wildman–Crippen MR) is 98.6 cm³/mol. The van der Waals surface area contributed by atoms with Gasteiger partial charge in [0.05, 0.1) is 16.7 Å². The Morgan fingerprint density at radius 1 is 0.875 bits per heavy atom. The highest BCUT2D eigenvalue weighted by molar-refractivity contribution is 5.86. The molecule has 0 aliphatic rings. The van der Waals surface area contributed by atoms with E-state index < -0.39 is 0 Å². The van der Waals surface area contributed by atoms with E-state index in [1.807, 2.05) is 56.8 Å². The van der Waals surface area contributed by atoms with Crippen molar-refractivity contribution in [2.75, 3.05) is 19.0 Å². The Balaban J connectivity index is 2.05. The maximum Gasteiger partial charge on any atom is 0.145 e. The minimum absolute atomic E-state index is 0.938. The average Bonchev–Trinajstić information content (AvgIpc) is 3.01. The van der Waals surface area contributed by atoms with Crippen LogP contribution in [0.3, 0.4) is 0 Å². The van der Waals surface area contributed by atoms with Crippen molar-refractivity contribution in [3.05, 3.63) is 73.1 Å². The molecule has 0 saturated heterocycles. The van der Waals surface area contributed by atoms with Gasteiger partial charge in [-0.15, -0.1) is 0 Å². The molecular weight excluding hydrogens is 296 g/mol. The number of fused-ring (bicyclic) bond motifs is 1. The third-order valence-corrected chi connectivity index (χ3v) is 4.11. The van der Waals surface area contributed by atoms with Crippen LogP contribution in [0.2, 0.25) is 0 Å². The van der Waals surface area contributed by atoms with E-state index in [-0.39, 0.29) is 0 Å². The first-order valence-corrected chi connectivity index (χ1v) is 7.90. The molecule has 0 aliphatic carbocycles. The first-order chi connectivity index (χ1) is 11.7. The van der Waals surface area contributed by atoms with Gasteiger partial charge >= 0.3 is 0 Å². The van der Waals surface area contributed by atoms with Crippen LogP contribution in [0.15, 0.2) is 73.1 Å². The van der Waals surface area contributed by atoms with E-state index in [2.05, 4.69) is 44.8 Å². The zero-order valence-corrected chi connectivity index (χ0v) is 13.7. The highest BCUT2D eigenvalue weighted by Gasteiger charge is 2.14. The van der Waals surface area contributed by atoms with Gasteiger partial charge in [-0.1, -0.05) is 30.3 Å². The summed E-state index contributed by atoms with van der Waals surface area (Å²) in [6, 6.07) is 20.6. The number of imidazole rings is 1. The molecular formula is C20H18N4. The molecule has 2 aromatic carbocycles. The van der Waals surface area contributed by atoms with Crippen LogP contribution in [0.25, 0.3) is 28.1 Å². The zero-order chi connectivity index (χ0) is 16.5. The van der Waals surface area contributed by atoms with Gasteiger partial charge in [0.2, 0.25) is 0 Å². The molecule has 0 fully saturated rings. The molecule has 0 radical (unpaired) electrons. The quantitative estimate of drug-likeness (QED) is 0.569. The van der Waals surface area contributed by atoms with Crippen LogP contribution in [-0.4, -0.2) is 28.6 Å². The van der Waals surface area contributed by atoms with Crippen molar-refractivity contribution in [3.8, 4) is 17.1 Å². The van der Waals surface area contributed by atoms with Crippen molar-refractivity contribution in [2.24, 2.45) is 0 Å². The van der Waals surface area contributed by atoms with Crippen LogP contribution in [-0.2, 0) is 0 Å². The molecule has 2 heterocycles. The molecule has 0 amide bonds. The summed E-state index contributed by atoms with van der Waals surface area (Å²) in [5.41, 5.74) is 5.37. The van der Waals surface area contributed by atoms with Crippen molar-refractivity contribution in [3.63, 3.8) is 0 Å². The Morgan fingerprint density at radius 3 is 2.33 bits per heavy atom. The second-order valence-electron chi connectivity index (χ2n) is 5.91. The molecule has 4 rings (SSSR count). The molecule has 24 heavy (non-hydrogen) atoms. The normalized spacial score (nSPS) is 10.9. The first kappa shape index (κ1) is 14.5.